The molecule has 0 spiro atoms. The monoisotopic (exact) mass is 286 g/mol. The number of nitrogens with zero attached hydrogens (tertiary/aromatic N) is 2. The van der Waals surface area contributed by atoms with Crippen molar-refractivity contribution in [3.8, 4) is 0 Å². The van der Waals surface area contributed by atoms with Crippen molar-refractivity contribution in [2.24, 2.45) is 0 Å². The van der Waals surface area contributed by atoms with Crippen LogP contribution in [0.1, 0.15) is 67.7 Å². The number of hydrogen-bond donors (Lipinski definition) is 1. The molecule has 112 valence electrons. The molecule has 1 aromatic heterocycles. The van der Waals surface area contributed by atoms with Crippen molar-refractivity contribution in [2.45, 2.75) is 57.9 Å². The molecule has 4 nitrogen and oxygen atoms in total. The predicted octanol–water partition coefficient (Wildman–Crippen LogP) is 4.19. The smallest absolute Gasteiger partial charge is 0.337 e. The van der Waals surface area contributed by atoms with Gasteiger partial charge in [0.25, 0.3) is 0 Å². The molecule has 0 aliphatic heterocycles. The molecule has 0 radical (unpaired) electrons. The normalized spacial score (nSPS) is 16.4. The molecule has 0 atom stereocenters. The summed E-state index contributed by atoms with van der Waals surface area (Å²) in [4.78, 5) is 16.1. The first-order valence-electron chi connectivity index (χ1n) is 7.95. The Balaban J connectivity index is 2.17. The van der Waals surface area contributed by atoms with Crippen molar-refractivity contribution in [3.05, 3.63) is 29.6 Å². The summed E-state index contributed by atoms with van der Waals surface area (Å²) in [5.74, 6) is 0.157. The van der Waals surface area contributed by atoms with Crippen LogP contribution in [0, 0.1) is 0 Å². The van der Waals surface area contributed by atoms with Crippen LogP contribution < -0.4 is 0 Å². The molecule has 3 rings (SSSR count). The van der Waals surface area contributed by atoms with E-state index in [2.05, 4.69) is 16.5 Å². The van der Waals surface area contributed by atoms with Gasteiger partial charge < -0.3 is 9.67 Å². The van der Waals surface area contributed by atoms with Crippen LogP contribution in [0.2, 0.25) is 0 Å². The van der Waals surface area contributed by atoms with Gasteiger partial charge in [0.05, 0.1) is 11.1 Å². The minimum Gasteiger partial charge on any atom is -0.478 e. The summed E-state index contributed by atoms with van der Waals surface area (Å²) < 4.78 is 2.32. The van der Waals surface area contributed by atoms with E-state index in [0.29, 0.717) is 17.1 Å². The second kappa shape index (κ2) is 5.88. The number of rotatable bonds is 4. The van der Waals surface area contributed by atoms with Crippen molar-refractivity contribution < 1.29 is 9.90 Å². The summed E-state index contributed by atoms with van der Waals surface area (Å²) >= 11 is 0. The lowest BCUT2D eigenvalue weighted by molar-refractivity contribution is 0.0699. The Morgan fingerprint density at radius 3 is 2.76 bits per heavy atom. The fourth-order valence-corrected chi connectivity index (χ4v) is 3.48. The Morgan fingerprint density at radius 2 is 2.10 bits per heavy atom. The van der Waals surface area contributed by atoms with Gasteiger partial charge in [-0.3, -0.25) is 0 Å². The van der Waals surface area contributed by atoms with Crippen molar-refractivity contribution >= 4 is 17.0 Å². The summed E-state index contributed by atoms with van der Waals surface area (Å²) in [6.45, 7) is 2.14. The highest BCUT2D eigenvalue weighted by atomic mass is 16.4. The minimum absolute atomic E-state index is 0.319. The van der Waals surface area contributed by atoms with Crippen LogP contribution in [0.25, 0.3) is 11.0 Å². The third-order valence-corrected chi connectivity index (χ3v) is 4.44. The maximum Gasteiger partial charge on any atom is 0.337 e. The standard InChI is InChI=1S/C17H22N2O2/c1-2-7-15-18-16-13(17(20)21)10-6-11-14(16)19(15)12-8-4-3-5-9-12/h6,10-12H,2-5,7-9H2,1H3,(H,20,21). The SMILES string of the molecule is CCCc1nc2c(C(=O)O)cccc2n1C1CCCCC1. The third-order valence-electron chi connectivity index (χ3n) is 4.44. The van der Waals surface area contributed by atoms with E-state index < -0.39 is 5.97 Å². The molecule has 0 unspecified atom stereocenters. The van der Waals surface area contributed by atoms with Gasteiger partial charge in [0.15, 0.2) is 0 Å². The summed E-state index contributed by atoms with van der Waals surface area (Å²) in [5.41, 5.74) is 1.96. The van der Waals surface area contributed by atoms with Gasteiger partial charge in [0.2, 0.25) is 0 Å². The number of carboxylic acids is 1. The Kier molecular flexibility index (Phi) is 3.95. The zero-order valence-electron chi connectivity index (χ0n) is 12.5. The number of carboxylic acid groups (broad SMARTS) is 1. The highest BCUT2D eigenvalue weighted by Crippen LogP contribution is 2.33. The molecular weight excluding hydrogens is 264 g/mol. The highest BCUT2D eigenvalue weighted by Gasteiger charge is 2.23. The Labute approximate surface area is 124 Å². The highest BCUT2D eigenvalue weighted by molar-refractivity contribution is 6.01. The first-order chi connectivity index (χ1) is 10.2. The quantitative estimate of drug-likeness (QED) is 0.916. The van der Waals surface area contributed by atoms with E-state index in [1.54, 1.807) is 6.07 Å². The molecule has 1 aliphatic rings. The topological polar surface area (TPSA) is 55.1 Å². The second-order valence-corrected chi connectivity index (χ2v) is 5.92. The second-order valence-electron chi connectivity index (χ2n) is 5.92. The number of imidazole rings is 1. The maximum atomic E-state index is 11.4. The summed E-state index contributed by atoms with van der Waals surface area (Å²) in [6.07, 6.45) is 8.12. The van der Waals surface area contributed by atoms with Crippen LogP contribution >= 0.6 is 0 Å². The minimum atomic E-state index is -0.892. The predicted molar refractivity (Wildman–Crippen MR) is 82.8 cm³/mol. The zero-order valence-corrected chi connectivity index (χ0v) is 12.5. The van der Waals surface area contributed by atoms with Gasteiger partial charge in [0, 0.05) is 12.5 Å². The third kappa shape index (κ3) is 2.55. The van der Waals surface area contributed by atoms with Crippen LogP contribution in [0.5, 0.6) is 0 Å². The molecule has 1 saturated carbocycles. The van der Waals surface area contributed by atoms with Crippen LogP contribution in [0.3, 0.4) is 0 Å². The lowest BCUT2D eigenvalue weighted by atomic mass is 9.95. The molecule has 1 aliphatic carbocycles. The number of fused-ring (bicyclic) bond motifs is 1. The molecule has 21 heavy (non-hydrogen) atoms. The van der Waals surface area contributed by atoms with Crippen LogP contribution in [0.4, 0.5) is 0 Å². The van der Waals surface area contributed by atoms with Gasteiger partial charge in [0.1, 0.15) is 11.3 Å². The maximum absolute atomic E-state index is 11.4. The Bertz CT molecular complexity index is 654. The fourth-order valence-electron chi connectivity index (χ4n) is 3.48. The Morgan fingerprint density at radius 1 is 1.33 bits per heavy atom. The molecule has 1 fully saturated rings. The molecular formula is C17H22N2O2. The number of aromatic nitrogens is 2. The van der Waals surface area contributed by atoms with Gasteiger partial charge in [-0.15, -0.1) is 0 Å². The Hall–Kier alpha value is -1.84. The summed E-state index contributed by atoms with van der Waals surface area (Å²) in [7, 11) is 0. The van der Waals surface area contributed by atoms with E-state index in [9.17, 15) is 9.90 Å². The van der Waals surface area contributed by atoms with Crippen molar-refractivity contribution in [3.63, 3.8) is 0 Å². The van der Waals surface area contributed by atoms with Crippen LogP contribution in [-0.4, -0.2) is 20.6 Å². The van der Waals surface area contributed by atoms with E-state index in [1.165, 1.54) is 32.1 Å². The van der Waals surface area contributed by atoms with Crippen LogP contribution in [0.15, 0.2) is 18.2 Å². The lowest BCUT2D eigenvalue weighted by Gasteiger charge is -2.25. The largest absolute Gasteiger partial charge is 0.478 e. The molecule has 0 saturated heterocycles. The molecule has 0 bridgehead atoms. The number of hydrogen-bond acceptors (Lipinski definition) is 2. The number of aryl methyl sites for hydroxylation is 1. The van der Waals surface area contributed by atoms with Gasteiger partial charge in [-0.2, -0.15) is 0 Å². The van der Waals surface area contributed by atoms with Gasteiger partial charge in [-0.25, -0.2) is 9.78 Å². The molecule has 1 heterocycles. The van der Waals surface area contributed by atoms with E-state index in [4.69, 9.17) is 0 Å². The molecule has 2 aromatic rings. The zero-order chi connectivity index (χ0) is 14.8. The first kappa shape index (κ1) is 14.1. The average Bonchev–Trinajstić information content (AvgIpc) is 2.86. The summed E-state index contributed by atoms with van der Waals surface area (Å²) in [5, 5.41) is 9.37. The molecule has 4 heteroatoms. The van der Waals surface area contributed by atoms with Crippen molar-refractivity contribution in [1.29, 1.82) is 0 Å². The van der Waals surface area contributed by atoms with E-state index in [1.807, 2.05) is 12.1 Å². The number of para-hydroxylation sites is 1. The fraction of sp³-hybridized carbons (Fsp3) is 0.529. The molecule has 0 amide bonds. The number of carbonyl (C=O) groups is 1. The molecule has 1 N–H and O–H groups in total. The van der Waals surface area contributed by atoms with Gasteiger partial charge >= 0.3 is 5.97 Å². The van der Waals surface area contributed by atoms with E-state index in [0.717, 1.165) is 24.2 Å². The number of benzene rings is 1. The lowest BCUT2D eigenvalue weighted by Crippen LogP contribution is -2.15. The van der Waals surface area contributed by atoms with E-state index >= 15 is 0 Å². The molecule has 1 aromatic carbocycles. The summed E-state index contributed by atoms with van der Waals surface area (Å²) in [6, 6.07) is 5.98. The van der Waals surface area contributed by atoms with Gasteiger partial charge in [-0.05, 0) is 31.4 Å². The first-order valence-corrected chi connectivity index (χ1v) is 7.95. The van der Waals surface area contributed by atoms with Crippen molar-refractivity contribution in [2.75, 3.05) is 0 Å². The average molecular weight is 286 g/mol. The van der Waals surface area contributed by atoms with Crippen LogP contribution in [-0.2, 0) is 6.42 Å². The van der Waals surface area contributed by atoms with Gasteiger partial charge in [-0.1, -0.05) is 32.3 Å². The number of aromatic carboxylic acids is 1. The van der Waals surface area contributed by atoms with Crippen molar-refractivity contribution in [1.82, 2.24) is 9.55 Å². The van der Waals surface area contributed by atoms with E-state index in [-0.39, 0.29) is 0 Å².